The molecule has 1 aliphatic heterocycles. The number of aliphatic carboxylic acids is 1. The maximum atomic E-state index is 12.8. The number of likely N-dealkylation sites (tertiary alicyclic amines) is 1. The lowest BCUT2D eigenvalue weighted by atomic mass is 10.0. The van der Waals surface area contributed by atoms with Gasteiger partial charge in [0.1, 0.15) is 18.1 Å². The van der Waals surface area contributed by atoms with Gasteiger partial charge in [0.2, 0.25) is 23.6 Å². The van der Waals surface area contributed by atoms with Crippen molar-refractivity contribution in [1.29, 1.82) is 0 Å². The van der Waals surface area contributed by atoms with Crippen LogP contribution in [0.15, 0.2) is 0 Å². The van der Waals surface area contributed by atoms with Crippen LogP contribution in [0.5, 0.6) is 0 Å². The average molecular weight is 446 g/mol. The second-order valence-electron chi connectivity index (χ2n) is 7.74. The maximum absolute atomic E-state index is 12.8. The lowest BCUT2D eigenvalue weighted by Gasteiger charge is -2.28. The molecule has 0 aliphatic carbocycles. The third-order valence-electron chi connectivity index (χ3n) is 4.71. The second kappa shape index (κ2) is 11.7. The van der Waals surface area contributed by atoms with E-state index in [-0.39, 0.29) is 18.1 Å². The largest absolute Gasteiger partial charge is 0.480 e. The highest BCUT2D eigenvalue weighted by Crippen LogP contribution is 2.19. The van der Waals surface area contributed by atoms with E-state index in [0.29, 0.717) is 19.4 Å². The van der Waals surface area contributed by atoms with Crippen LogP contribution in [0.1, 0.15) is 39.5 Å². The smallest absolute Gasteiger partial charge is 0.326 e. The molecule has 1 fully saturated rings. The van der Waals surface area contributed by atoms with E-state index >= 15 is 0 Å². The zero-order chi connectivity index (χ0) is 23.0. The summed E-state index contributed by atoms with van der Waals surface area (Å²) in [5, 5.41) is 14.1. The van der Waals surface area contributed by atoms with Gasteiger partial charge in [0.15, 0.2) is 0 Å². The average Bonchev–Trinajstić information content (AvgIpc) is 3.14. The lowest BCUT2D eigenvalue weighted by molar-refractivity contribution is -0.143. The number of carboxylic acid groups (broad SMARTS) is 1. The van der Waals surface area contributed by atoms with E-state index < -0.39 is 60.2 Å². The minimum absolute atomic E-state index is 0.00956. The fourth-order valence-electron chi connectivity index (χ4n) is 3.24. The summed E-state index contributed by atoms with van der Waals surface area (Å²) in [5.74, 6) is -3.87. The SMILES string of the molecule is CC(C)CC(NC(=O)C(CC(N)=O)NC(=O)C1CCCN1C(=O)C(N)CS)C(=O)O. The van der Waals surface area contributed by atoms with Gasteiger partial charge in [-0.2, -0.15) is 12.6 Å². The maximum Gasteiger partial charge on any atom is 0.326 e. The minimum atomic E-state index is -1.36. The molecular weight excluding hydrogens is 414 g/mol. The predicted octanol–water partition coefficient (Wildman–Crippen LogP) is -1.79. The number of carbonyl (C=O) groups excluding carboxylic acids is 4. The van der Waals surface area contributed by atoms with Gasteiger partial charge in [-0.1, -0.05) is 13.8 Å². The molecule has 0 saturated carbocycles. The zero-order valence-electron chi connectivity index (χ0n) is 17.2. The van der Waals surface area contributed by atoms with E-state index in [1.54, 1.807) is 13.8 Å². The van der Waals surface area contributed by atoms with Crippen molar-refractivity contribution >= 4 is 42.2 Å². The number of amides is 4. The van der Waals surface area contributed by atoms with Crippen LogP contribution in [0.3, 0.4) is 0 Å². The molecule has 1 heterocycles. The highest BCUT2D eigenvalue weighted by molar-refractivity contribution is 7.80. The van der Waals surface area contributed by atoms with Gasteiger partial charge in [-0.05, 0) is 25.2 Å². The molecule has 4 unspecified atom stereocenters. The fraction of sp³-hybridized carbons (Fsp3) is 0.722. The van der Waals surface area contributed by atoms with Crippen LogP contribution in [-0.2, 0) is 24.0 Å². The van der Waals surface area contributed by atoms with E-state index in [1.807, 2.05) is 0 Å². The van der Waals surface area contributed by atoms with E-state index in [2.05, 4.69) is 23.3 Å². The Morgan fingerprint density at radius 3 is 2.30 bits per heavy atom. The Hall–Kier alpha value is -2.34. The predicted molar refractivity (Wildman–Crippen MR) is 111 cm³/mol. The van der Waals surface area contributed by atoms with Gasteiger partial charge in [0.05, 0.1) is 12.5 Å². The van der Waals surface area contributed by atoms with Crippen molar-refractivity contribution < 1.29 is 29.1 Å². The molecule has 30 heavy (non-hydrogen) atoms. The third-order valence-corrected chi connectivity index (χ3v) is 5.11. The van der Waals surface area contributed by atoms with E-state index in [1.165, 1.54) is 4.90 Å². The van der Waals surface area contributed by atoms with Crippen LogP contribution in [0, 0.1) is 5.92 Å². The van der Waals surface area contributed by atoms with Gasteiger partial charge >= 0.3 is 5.97 Å². The molecule has 0 aromatic heterocycles. The molecule has 11 nitrogen and oxygen atoms in total. The first kappa shape index (κ1) is 25.7. The molecule has 4 atom stereocenters. The van der Waals surface area contributed by atoms with Crippen molar-refractivity contribution in [1.82, 2.24) is 15.5 Å². The number of hydrogen-bond acceptors (Lipinski definition) is 7. The summed E-state index contributed by atoms with van der Waals surface area (Å²) in [7, 11) is 0. The van der Waals surface area contributed by atoms with Crippen LogP contribution >= 0.6 is 12.6 Å². The number of hydrogen-bond donors (Lipinski definition) is 6. The molecule has 1 aliphatic rings. The van der Waals surface area contributed by atoms with Crippen LogP contribution in [-0.4, -0.2) is 76.1 Å². The molecule has 12 heteroatoms. The van der Waals surface area contributed by atoms with Gasteiger partial charge in [0.25, 0.3) is 0 Å². The summed E-state index contributed by atoms with van der Waals surface area (Å²) in [6.45, 7) is 3.93. The topological polar surface area (TPSA) is 185 Å². The first-order chi connectivity index (χ1) is 14.0. The highest BCUT2D eigenvalue weighted by Gasteiger charge is 2.38. The van der Waals surface area contributed by atoms with E-state index in [0.717, 1.165) is 0 Å². The molecule has 1 saturated heterocycles. The quantitative estimate of drug-likeness (QED) is 0.203. The molecule has 0 radical (unpaired) electrons. The number of carbonyl (C=O) groups is 5. The summed E-state index contributed by atoms with van der Waals surface area (Å²) in [6.07, 6.45) is 0.603. The number of primary amides is 1. The number of nitrogens with two attached hydrogens (primary N) is 2. The lowest BCUT2D eigenvalue weighted by Crippen LogP contribution is -2.57. The first-order valence-electron chi connectivity index (χ1n) is 9.76. The van der Waals surface area contributed by atoms with Crippen LogP contribution in [0.25, 0.3) is 0 Å². The van der Waals surface area contributed by atoms with Crippen LogP contribution < -0.4 is 22.1 Å². The monoisotopic (exact) mass is 445 g/mol. The summed E-state index contributed by atoms with van der Waals surface area (Å²) in [6, 6.07) is -4.25. The van der Waals surface area contributed by atoms with Crippen molar-refractivity contribution in [2.24, 2.45) is 17.4 Å². The Morgan fingerprint density at radius 1 is 1.17 bits per heavy atom. The van der Waals surface area contributed by atoms with E-state index in [4.69, 9.17) is 11.5 Å². The molecule has 0 aromatic carbocycles. The second-order valence-corrected chi connectivity index (χ2v) is 8.10. The minimum Gasteiger partial charge on any atom is -0.480 e. The number of carboxylic acids is 1. The van der Waals surface area contributed by atoms with Crippen molar-refractivity contribution in [2.75, 3.05) is 12.3 Å². The van der Waals surface area contributed by atoms with Crippen molar-refractivity contribution in [3.05, 3.63) is 0 Å². The van der Waals surface area contributed by atoms with Gasteiger partial charge in [-0.15, -0.1) is 0 Å². The number of nitrogens with one attached hydrogen (secondary N) is 2. The van der Waals surface area contributed by atoms with Gasteiger partial charge in [-0.25, -0.2) is 4.79 Å². The Morgan fingerprint density at radius 2 is 1.80 bits per heavy atom. The molecule has 1 rings (SSSR count). The van der Waals surface area contributed by atoms with Gasteiger partial charge in [0, 0.05) is 12.3 Å². The molecule has 4 amide bonds. The normalized spacial score (nSPS) is 19.1. The Bertz CT molecular complexity index is 673. The number of nitrogens with zero attached hydrogens (tertiary/aromatic N) is 1. The number of rotatable bonds is 11. The van der Waals surface area contributed by atoms with Crippen molar-refractivity contribution in [3.8, 4) is 0 Å². The molecular formula is C18H31N5O6S. The molecule has 0 spiro atoms. The zero-order valence-corrected chi connectivity index (χ0v) is 18.1. The molecule has 0 aromatic rings. The fourth-order valence-corrected chi connectivity index (χ4v) is 3.39. The van der Waals surface area contributed by atoms with Crippen LogP contribution in [0.2, 0.25) is 0 Å². The molecule has 0 bridgehead atoms. The summed E-state index contributed by atoms with van der Waals surface area (Å²) >= 11 is 4.00. The van der Waals surface area contributed by atoms with E-state index in [9.17, 15) is 29.1 Å². The summed E-state index contributed by atoms with van der Waals surface area (Å²) in [5.41, 5.74) is 10.9. The Balaban J connectivity index is 2.91. The standard InChI is InChI=1S/C18H31N5O6S/c1-9(2)6-12(18(28)29)22-15(25)11(7-14(20)24)21-16(26)13-4-3-5-23(13)17(27)10(19)8-30/h9-13,30H,3-8,19H2,1-2H3,(H2,20,24)(H,21,26)(H,22,25)(H,28,29). The Labute approximate surface area is 180 Å². The third kappa shape index (κ3) is 7.48. The van der Waals surface area contributed by atoms with Crippen molar-refractivity contribution in [2.45, 2.75) is 63.7 Å². The Kier molecular flexibility index (Phi) is 10.1. The molecule has 7 N–H and O–H groups in total. The van der Waals surface area contributed by atoms with Crippen molar-refractivity contribution in [3.63, 3.8) is 0 Å². The summed E-state index contributed by atoms with van der Waals surface area (Å²) in [4.78, 5) is 61.8. The number of thiol groups is 1. The molecule has 170 valence electrons. The van der Waals surface area contributed by atoms with Gasteiger partial charge in [-0.3, -0.25) is 19.2 Å². The van der Waals surface area contributed by atoms with Gasteiger partial charge < -0.3 is 32.1 Å². The first-order valence-corrected chi connectivity index (χ1v) is 10.4. The van der Waals surface area contributed by atoms with Crippen LogP contribution in [0.4, 0.5) is 0 Å². The highest BCUT2D eigenvalue weighted by atomic mass is 32.1. The summed E-state index contributed by atoms with van der Waals surface area (Å²) < 4.78 is 0.